The molecular formula is C23H32N2O3. The minimum Gasteiger partial charge on any atom is -0.392 e. The lowest BCUT2D eigenvalue weighted by Crippen LogP contribution is -2.60. The molecular weight excluding hydrogens is 352 g/mol. The Hall–Kier alpha value is -2.14. The van der Waals surface area contributed by atoms with E-state index in [-0.39, 0.29) is 11.8 Å². The second kappa shape index (κ2) is 8.48. The Morgan fingerprint density at radius 3 is 2.68 bits per heavy atom. The van der Waals surface area contributed by atoms with E-state index < -0.39 is 11.5 Å². The number of aliphatic hydroxyl groups is 1. The molecule has 0 bridgehead atoms. The highest BCUT2D eigenvalue weighted by Gasteiger charge is 2.47. The van der Waals surface area contributed by atoms with Crippen molar-refractivity contribution >= 4 is 11.8 Å². The van der Waals surface area contributed by atoms with E-state index in [9.17, 15) is 14.7 Å². The zero-order chi connectivity index (χ0) is 20.3. The van der Waals surface area contributed by atoms with Gasteiger partial charge in [0.1, 0.15) is 0 Å². The lowest BCUT2D eigenvalue weighted by Gasteiger charge is -2.51. The molecule has 2 aliphatic rings. The second-order valence-corrected chi connectivity index (χ2v) is 8.44. The first-order valence-corrected chi connectivity index (χ1v) is 10.3. The van der Waals surface area contributed by atoms with Crippen LogP contribution in [0.4, 0.5) is 0 Å². The number of nitrogens with zero attached hydrogens (tertiary/aromatic N) is 2. The standard InChI is InChI=1S/C23H32N2O3/c1-4-5-7-21(27)24-13-10-20(26)23(15-24)11-6-12-25(16-23)22(28)19-9-8-17(2)18(3)14-19/h4,8-9,14,20,26H,1,5-7,10-13,15-16H2,2-3H3/t20?,23-/m1/s1. The number of piperidine rings is 2. The van der Waals surface area contributed by atoms with E-state index in [0.717, 1.165) is 18.4 Å². The highest BCUT2D eigenvalue weighted by atomic mass is 16.3. The van der Waals surface area contributed by atoms with Crippen molar-refractivity contribution in [2.24, 2.45) is 5.41 Å². The van der Waals surface area contributed by atoms with Gasteiger partial charge in [-0.3, -0.25) is 9.59 Å². The molecule has 0 radical (unpaired) electrons. The molecule has 2 aliphatic heterocycles. The van der Waals surface area contributed by atoms with E-state index in [0.29, 0.717) is 51.0 Å². The lowest BCUT2D eigenvalue weighted by molar-refractivity contribution is -0.142. The van der Waals surface area contributed by atoms with Gasteiger partial charge in [0.05, 0.1) is 6.10 Å². The smallest absolute Gasteiger partial charge is 0.253 e. The van der Waals surface area contributed by atoms with Gasteiger partial charge in [0.25, 0.3) is 5.91 Å². The molecule has 5 nitrogen and oxygen atoms in total. The average molecular weight is 385 g/mol. The largest absolute Gasteiger partial charge is 0.392 e. The Morgan fingerprint density at radius 1 is 1.21 bits per heavy atom. The van der Waals surface area contributed by atoms with E-state index in [2.05, 4.69) is 6.58 Å². The molecule has 2 heterocycles. The fourth-order valence-electron chi connectivity index (χ4n) is 4.54. The summed E-state index contributed by atoms with van der Waals surface area (Å²) in [6.45, 7) is 10.1. The number of allylic oxidation sites excluding steroid dienone is 1. The van der Waals surface area contributed by atoms with Crippen LogP contribution in [0.3, 0.4) is 0 Å². The maximum atomic E-state index is 13.1. The van der Waals surface area contributed by atoms with E-state index >= 15 is 0 Å². The molecule has 2 saturated heterocycles. The van der Waals surface area contributed by atoms with Crippen LogP contribution in [0.1, 0.15) is 53.6 Å². The Kier molecular flexibility index (Phi) is 6.23. The molecule has 5 heteroatoms. The van der Waals surface area contributed by atoms with Crippen molar-refractivity contribution in [2.45, 2.75) is 52.1 Å². The van der Waals surface area contributed by atoms with Gasteiger partial charge >= 0.3 is 0 Å². The quantitative estimate of drug-likeness (QED) is 0.812. The van der Waals surface area contributed by atoms with Crippen molar-refractivity contribution in [3.63, 3.8) is 0 Å². The SMILES string of the molecule is C=CCCC(=O)N1CCC(O)[C@]2(CCCN(C(=O)c3ccc(C)c(C)c3)C2)C1. The highest BCUT2D eigenvalue weighted by Crippen LogP contribution is 2.39. The van der Waals surface area contributed by atoms with Gasteiger partial charge in [0, 0.05) is 43.6 Å². The first-order chi connectivity index (χ1) is 13.4. The van der Waals surface area contributed by atoms with E-state index in [1.165, 1.54) is 5.56 Å². The molecule has 2 amide bonds. The van der Waals surface area contributed by atoms with Crippen molar-refractivity contribution in [3.05, 3.63) is 47.5 Å². The summed E-state index contributed by atoms with van der Waals surface area (Å²) < 4.78 is 0. The number of hydrogen-bond acceptors (Lipinski definition) is 3. The third-order valence-corrected chi connectivity index (χ3v) is 6.45. The molecule has 0 aliphatic carbocycles. The van der Waals surface area contributed by atoms with E-state index in [4.69, 9.17) is 0 Å². The van der Waals surface area contributed by atoms with Crippen molar-refractivity contribution in [1.82, 2.24) is 9.80 Å². The fourth-order valence-corrected chi connectivity index (χ4v) is 4.54. The molecule has 1 N–H and O–H groups in total. The molecule has 28 heavy (non-hydrogen) atoms. The number of carbonyl (C=O) groups excluding carboxylic acids is 2. The third kappa shape index (κ3) is 4.14. The van der Waals surface area contributed by atoms with E-state index in [1.807, 2.05) is 41.8 Å². The number of amides is 2. The number of hydrogen-bond donors (Lipinski definition) is 1. The van der Waals surface area contributed by atoms with Gasteiger partial charge in [-0.2, -0.15) is 0 Å². The van der Waals surface area contributed by atoms with Gasteiger partial charge in [-0.15, -0.1) is 6.58 Å². The lowest BCUT2D eigenvalue weighted by atomic mass is 9.71. The van der Waals surface area contributed by atoms with Gasteiger partial charge in [0.15, 0.2) is 0 Å². The molecule has 1 spiro atoms. The summed E-state index contributed by atoms with van der Waals surface area (Å²) in [5, 5.41) is 10.8. The van der Waals surface area contributed by atoms with Crippen LogP contribution < -0.4 is 0 Å². The van der Waals surface area contributed by atoms with Crippen molar-refractivity contribution < 1.29 is 14.7 Å². The molecule has 1 unspecified atom stereocenters. The minimum absolute atomic E-state index is 0.0180. The molecule has 1 aromatic carbocycles. The number of carbonyl (C=O) groups is 2. The molecule has 152 valence electrons. The predicted octanol–water partition coefficient (Wildman–Crippen LogP) is 3.09. The van der Waals surface area contributed by atoms with Crippen LogP contribution in [-0.4, -0.2) is 59.0 Å². The number of likely N-dealkylation sites (tertiary alicyclic amines) is 2. The van der Waals surface area contributed by atoms with Crippen LogP contribution in [-0.2, 0) is 4.79 Å². The summed E-state index contributed by atoms with van der Waals surface area (Å²) in [7, 11) is 0. The van der Waals surface area contributed by atoms with Gasteiger partial charge < -0.3 is 14.9 Å². The third-order valence-electron chi connectivity index (χ3n) is 6.45. The van der Waals surface area contributed by atoms with E-state index in [1.54, 1.807) is 6.08 Å². The van der Waals surface area contributed by atoms with Gasteiger partial charge in [0.2, 0.25) is 5.91 Å². The maximum Gasteiger partial charge on any atom is 0.253 e. The molecule has 1 aromatic rings. The van der Waals surface area contributed by atoms with Crippen LogP contribution >= 0.6 is 0 Å². The minimum atomic E-state index is -0.480. The summed E-state index contributed by atoms with van der Waals surface area (Å²) in [6.07, 6.45) is 4.68. The van der Waals surface area contributed by atoms with Crippen LogP contribution in [0, 0.1) is 19.3 Å². The van der Waals surface area contributed by atoms with Gasteiger partial charge in [-0.1, -0.05) is 12.1 Å². The summed E-state index contributed by atoms with van der Waals surface area (Å²) >= 11 is 0. The van der Waals surface area contributed by atoms with Crippen LogP contribution in [0.2, 0.25) is 0 Å². The zero-order valence-corrected chi connectivity index (χ0v) is 17.1. The summed E-state index contributed by atoms with van der Waals surface area (Å²) in [5.41, 5.74) is 2.55. The zero-order valence-electron chi connectivity index (χ0n) is 17.1. The predicted molar refractivity (Wildman–Crippen MR) is 110 cm³/mol. The normalized spacial score (nSPS) is 25.0. The Bertz CT molecular complexity index is 760. The number of aliphatic hydroxyl groups excluding tert-OH is 1. The maximum absolute atomic E-state index is 13.1. The van der Waals surface area contributed by atoms with Crippen LogP contribution in [0.25, 0.3) is 0 Å². The molecule has 0 aromatic heterocycles. The average Bonchev–Trinajstić information content (AvgIpc) is 2.70. The first-order valence-electron chi connectivity index (χ1n) is 10.3. The second-order valence-electron chi connectivity index (χ2n) is 8.44. The molecule has 0 saturated carbocycles. The topological polar surface area (TPSA) is 60.9 Å². The monoisotopic (exact) mass is 384 g/mol. The summed E-state index contributed by atoms with van der Waals surface area (Å²) in [4.78, 5) is 29.4. The molecule has 2 fully saturated rings. The number of benzene rings is 1. The summed E-state index contributed by atoms with van der Waals surface area (Å²) in [6, 6.07) is 5.81. The van der Waals surface area contributed by atoms with Crippen LogP contribution in [0.5, 0.6) is 0 Å². The first kappa shape index (κ1) is 20.6. The Morgan fingerprint density at radius 2 is 1.96 bits per heavy atom. The fraction of sp³-hybridized carbons (Fsp3) is 0.565. The van der Waals surface area contributed by atoms with Gasteiger partial charge in [-0.05, 0) is 62.8 Å². The van der Waals surface area contributed by atoms with Crippen molar-refractivity contribution in [3.8, 4) is 0 Å². The Labute approximate surface area is 168 Å². The number of rotatable bonds is 4. The highest BCUT2D eigenvalue weighted by molar-refractivity contribution is 5.94. The summed E-state index contributed by atoms with van der Waals surface area (Å²) in [5.74, 6) is 0.133. The Balaban J connectivity index is 1.75. The van der Waals surface area contributed by atoms with Gasteiger partial charge in [-0.25, -0.2) is 0 Å². The van der Waals surface area contributed by atoms with Crippen molar-refractivity contribution in [1.29, 1.82) is 0 Å². The molecule has 2 atom stereocenters. The van der Waals surface area contributed by atoms with Crippen molar-refractivity contribution in [2.75, 3.05) is 26.2 Å². The number of aryl methyl sites for hydroxylation is 2. The molecule has 3 rings (SSSR count). The van der Waals surface area contributed by atoms with Crippen LogP contribution in [0.15, 0.2) is 30.9 Å².